The first kappa shape index (κ1) is 15.7. The molecule has 8 nitrogen and oxygen atoms in total. The number of tetrazole rings is 1. The average molecular weight is 296 g/mol. The Hall–Kier alpha value is -1.70. The maximum atomic E-state index is 12.0. The number of rotatable bonds is 3. The molecule has 0 spiro atoms. The van der Waals surface area contributed by atoms with Crippen molar-refractivity contribution in [3.05, 3.63) is 5.82 Å². The van der Waals surface area contributed by atoms with Crippen LogP contribution in [-0.2, 0) is 18.2 Å². The topological polar surface area (TPSA) is 99.2 Å². The van der Waals surface area contributed by atoms with Crippen molar-refractivity contribution in [3.8, 4) is 0 Å². The van der Waals surface area contributed by atoms with Crippen LogP contribution in [0.4, 0.5) is 4.79 Å². The van der Waals surface area contributed by atoms with E-state index in [0.717, 1.165) is 6.42 Å². The molecule has 2 N–H and O–H groups in total. The third-order valence-electron chi connectivity index (χ3n) is 3.45. The molecule has 118 valence electrons. The number of carbonyl (C=O) groups excluding carboxylic acids is 1. The molecule has 1 aliphatic rings. The number of carbonyl (C=O) groups is 1. The molecular weight excluding hydrogens is 272 g/mol. The standard InChI is InChI=1S/C13H24N6O2/c1-13(2,3)21-12(20)19-6-5-9(8-19)10(14)7-11-15-17-18(4)16-11/h9-10H,5-8,14H2,1-4H3. The van der Waals surface area contributed by atoms with E-state index in [4.69, 9.17) is 10.5 Å². The molecule has 2 atom stereocenters. The van der Waals surface area contributed by atoms with Crippen LogP contribution in [0.1, 0.15) is 33.0 Å². The van der Waals surface area contributed by atoms with Crippen LogP contribution in [0.5, 0.6) is 0 Å². The van der Waals surface area contributed by atoms with Gasteiger partial charge in [-0.1, -0.05) is 0 Å². The minimum absolute atomic E-state index is 0.0818. The van der Waals surface area contributed by atoms with Crippen molar-refractivity contribution < 1.29 is 9.53 Å². The third-order valence-corrected chi connectivity index (χ3v) is 3.45. The molecule has 2 heterocycles. The van der Waals surface area contributed by atoms with E-state index in [0.29, 0.717) is 25.3 Å². The van der Waals surface area contributed by atoms with E-state index < -0.39 is 5.60 Å². The number of hydrogen-bond donors (Lipinski definition) is 1. The van der Waals surface area contributed by atoms with Crippen molar-refractivity contribution in [1.82, 2.24) is 25.1 Å². The first-order chi connectivity index (χ1) is 9.74. The number of nitrogens with two attached hydrogens (primary N) is 1. The molecule has 1 aromatic heterocycles. The van der Waals surface area contributed by atoms with Crippen molar-refractivity contribution in [2.24, 2.45) is 18.7 Å². The van der Waals surface area contributed by atoms with Gasteiger partial charge in [-0.2, -0.15) is 4.80 Å². The van der Waals surface area contributed by atoms with Crippen molar-refractivity contribution in [2.75, 3.05) is 13.1 Å². The lowest BCUT2D eigenvalue weighted by Crippen LogP contribution is -2.38. The summed E-state index contributed by atoms with van der Waals surface area (Å²) >= 11 is 0. The lowest BCUT2D eigenvalue weighted by Gasteiger charge is -2.25. The van der Waals surface area contributed by atoms with Gasteiger partial charge in [-0.25, -0.2) is 4.79 Å². The Labute approximate surface area is 124 Å². The van der Waals surface area contributed by atoms with Gasteiger partial charge in [0.15, 0.2) is 5.82 Å². The highest BCUT2D eigenvalue weighted by atomic mass is 16.6. The fraction of sp³-hybridized carbons (Fsp3) is 0.846. The number of aryl methyl sites for hydroxylation is 1. The molecule has 1 fully saturated rings. The fourth-order valence-electron chi connectivity index (χ4n) is 2.41. The molecule has 0 radical (unpaired) electrons. The molecule has 8 heteroatoms. The van der Waals surface area contributed by atoms with Crippen molar-refractivity contribution in [3.63, 3.8) is 0 Å². The Morgan fingerprint density at radius 1 is 1.52 bits per heavy atom. The van der Waals surface area contributed by atoms with Crippen molar-refractivity contribution in [2.45, 2.75) is 45.3 Å². The van der Waals surface area contributed by atoms with E-state index in [9.17, 15) is 4.79 Å². The zero-order chi connectivity index (χ0) is 15.6. The second kappa shape index (κ2) is 5.97. The average Bonchev–Trinajstić information content (AvgIpc) is 2.96. The summed E-state index contributed by atoms with van der Waals surface area (Å²) in [6.45, 7) is 6.90. The first-order valence-electron chi connectivity index (χ1n) is 7.21. The summed E-state index contributed by atoms with van der Waals surface area (Å²) in [7, 11) is 1.72. The summed E-state index contributed by atoms with van der Waals surface area (Å²) in [5, 5.41) is 11.9. The number of amides is 1. The Morgan fingerprint density at radius 3 is 2.81 bits per heavy atom. The lowest BCUT2D eigenvalue weighted by atomic mass is 9.97. The van der Waals surface area contributed by atoms with Crippen LogP contribution in [0.15, 0.2) is 0 Å². The molecule has 1 saturated heterocycles. The monoisotopic (exact) mass is 296 g/mol. The summed E-state index contributed by atoms with van der Waals surface area (Å²) in [4.78, 5) is 15.2. The van der Waals surface area contributed by atoms with Crippen LogP contribution in [-0.4, -0.2) is 55.9 Å². The van der Waals surface area contributed by atoms with Crippen LogP contribution < -0.4 is 5.73 Å². The number of ether oxygens (including phenoxy) is 1. The summed E-state index contributed by atoms with van der Waals surface area (Å²) < 4.78 is 5.38. The summed E-state index contributed by atoms with van der Waals surface area (Å²) in [5.41, 5.74) is 5.74. The van der Waals surface area contributed by atoms with Crippen molar-refractivity contribution in [1.29, 1.82) is 0 Å². The highest BCUT2D eigenvalue weighted by molar-refractivity contribution is 5.68. The first-order valence-corrected chi connectivity index (χ1v) is 7.21. The van der Waals surface area contributed by atoms with E-state index in [1.165, 1.54) is 4.80 Å². The van der Waals surface area contributed by atoms with E-state index in [2.05, 4.69) is 15.4 Å². The molecule has 2 rings (SSSR count). The number of nitrogens with zero attached hydrogens (tertiary/aromatic N) is 5. The summed E-state index contributed by atoms with van der Waals surface area (Å²) in [5.74, 6) is 0.877. The second-order valence-corrected chi connectivity index (χ2v) is 6.54. The SMILES string of the molecule is Cn1nnc(CC(N)C2CCN(C(=O)OC(C)(C)C)C2)n1. The van der Waals surface area contributed by atoms with Crippen LogP contribution in [0.3, 0.4) is 0 Å². The Morgan fingerprint density at radius 2 is 2.24 bits per heavy atom. The van der Waals surface area contributed by atoms with Crippen LogP contribution in [0.25, 0.3) is 0 Å². The van der Waals surface area contributed by atoms with Gasteiger partial charge in [-0.05, 0) is 38.3 Å². The third kappa shape index (κ3) is 4.38. The minimum Gasteiger partial charge on any atom is -0.444 e. The zero-order valence-electron chi connectivity index (χ0n) is 13.1. The maximum absolute atomic E-state index is 12.0. The van der Waals surface area contributed by atoms with E-state index in [-0.39, 0.29) is 18.1 Å². The van der Waals surface area contributed by atoms with E-state index >= 15 is 0 Å². The Kier molecular flexibility index (Phi) is 4.46. The predicted octanol–water partition coefficient (Wildman–Crippen LogP) is 0.337. The van der Waals surface area contributed by atoms with E-state index in [1.54, 1.807) is 11.9 Å². The predicted molar refractivity (Wildman–Crippen MR) is 76.4 cm³/mol. The Balaban J connectivity index is 1.85. The molecular formula is C13H24N6O2. The molecule has 1 aliphatic heterocycles. The van der Waals surface area contributed by atoms with Gasteiger partial charge in [0.1, 0.15) is 5.60 Å². The second-order valence-electron chi connectivity index (χ2n) is 6.54. The van der Waals surface area contributed by atoms with Crippen molar-refractivity contribution >= 4 is 6.09 Å². The smallest absolute Gasteiger partial charge is 0.410 e. The Bertz CT molecular complexity index is 495. The van der Waals surface area contributed by atoms with Gasteiger partial charge >= 0.3 is 6.09 Å². The zero-order valence-corrected chi connectivity index (χ0v) is 13.1. The fourth-order valence-corrected chi connectivity index (χ4v) is 2.41. The van der Waals surface area contributed by atoms with Crippen LogP contribution in [0.2, 0.25) is 0 Å². The van der Waals surface area contributed by atoms with Gasteiger partial charge in [0.05, 0.1) is 7.05 Å². The highest BCUT2D eigenvalue weighted by Crippen LogP contribution is 2.22. The molecule has 21 heavy (non-hydrogen) atoms. The number of hydrogen-bond acceptors (Lipinski definition) is 6. The molecule has 1 amide bonds. The van der Waals surface area contributed by atoms with E-state index in [1.807, 2.05) is 20.8 Å². The quantitative estimate of drug-likeness (QED) is 0.863. The molecule has 0 aliphatic carbocycles. The molecule has 0 saturated carbocycles. The minimum atomic E-state index is -0.471. The molecule has 0 bridgehead atoms. The van der Waals surface area contributed by atoms with Gasteiger partial charge in [0, 0.05) is 25.6 Å². The van der Waals surface area contributed by atoms with Gasteiger partial charge in [0.2, 0.25) is 0 Å². The summed E-state index contributed by atoms with van der Waals surface area (Å²) in [6.07, 6.45) is 1.18. The van der Waals surface area contributed by atoms with Crippen LogP contribution in [0, 0.1) is 5.92 Å². The lowest BCUT2D eigenvalue weighted by molar-refractivity contribution is 0.0286. The number of aromatic nitrogens is 4. The van der Waals surface area contributed by atoms with Gasteiger partial charge in [-0.3, -0.25) is 0 Å². The maximum Gasteiger partial charge on any atom is 0.410 e. The number of likely N-dealkylation sites (tertiary alicyclic amines) is 1. The normalized spacial score (nSPS) is 20.6. The molecule has 1 aromatic rings. The van der Waals surface area contributed by atoms with Crippen LogP contribution >= 0.6 is 0 Å². The summed E-state index contributed by atoms with van der Waals surface area (Å²) in [6, 6.07) is -0.0818. The largest absolute Gasteiger partial charge is 0.444 e. The van der Waals surface area contributed by atoms with Gasteiger partial charge < -0.3 is 15.4 Å². The van der Waals surface area contributed by atoms with Gasteiger partial charge in [0.25, 0.3) is 0 Å². The molecule has 0 aromatic carbocycles. The van der Waals surface area contributed by atoms with Gasteiger partial charge in [-0.15, -0.1) is 10.2 Å². The molecule has 2 unspecified atom stereocenters. The highest BCUT2D eigenvalue weighted by Gasteiger charge is 2.33.